The Bertz CT molecular complexity index is 3380. The number of aliphatic hydroxyl groups excluding tert-OH is 4. The number of benzene rings is 1. The highest BCUT2D eigenvalue weighted by atomic mass is 32.2. The number of carbonyl (C=O) groups is 13. The van der Waals surface area contributed by atoms with E-state index in [0.29, 0.717) is 88.4 Å². The number of hydrogen-bond acceptors (Lipinski definition) is 23. The first-order valence-corrected chi connectivity index (χ1v) is 42.0. The molecule has 628 valence electrons. The van der Waals surface area contributed by atoms with Crippen LogP contribution in [0, 0.1) is 29.1 Å². The van der Waals surface area contributed by atoms with E-state index in [2.05, 4.69) is 79.8 Å². The van der Waals surface area contributed by atoms with Gasteiger partial charge in [0.25, 0.3) is 0 Å². The summed E-state index contributed by atoms with van der Waals surface area (Å²) in [6, 6.07) is -7.53. The lowest BCUT2D eigenvalue weighted by molar-refractivity contribution is -0.140. The Morgan fingerprint density at radius 3 is 1.63 bits per heavy atom. The minimum Gasteiger partial charge on any atom is -0.481 e. The Labute approximate surface area is 664 Å². The Kier molecular flexibility index (Phi) is 36.1. The molecule has 36 heteroatoms. The van der Waals surface area contributed by atoms with Crippen LogP contribution in [0.1, 0.15) is 189 Å². The Hall–Kier alpha value is -7.29. The standard InChI is InChI=1S/C76H124N16O18S2/c1-9-12-51-66(102)90-61(41(3)94)72(108)87-57(63(77)100)38-112-37-45-14-10-13-44(29-45)36-111-28-26-58(97)89-62(75(4,5)6)73(109)86-54(31-43-18-22-49(96)23-19-43)68(104)84-56(33-47-35-78-39-81-47)69(105)91-60(40(2)93)71(107)85-55(32-46-34-80-64-50(46)15-11-27-79-64)70(106)92-76(7,8)74(110)88-52(24-25-59(98)99)65(101)83-53(67(103)82-51)30-42-16-20-48(95)21-17-42/h10,13-14,29,40-43,46-57,60-62,64,78-81,93-96H,9,11-12,15-28,30-39H2,1-8H3,(H2,77,100)(H,82,103)(H,83,101)(H,84,104)(H,85,107)(H,86,109)(H,87,108)(H,88,110)(H,89,97)(H,90,102)(H,91,105)(H,92,106)(H,98,99)/t40-,41-,42?,43?,46?,47?,48?,49?,50?,51+,52+,53+,54+,55+,56+,57+,60+,61+,62-,64?/m1/s1. The molecule has 1 aromatic rings. The van der Waals surface area contributed by atoms with E-state index in [-0.39, 0.29) is 80.5 Å². The molecule has 112 heavy (non-hydrogen) atoms. The maximum atomic E-state index is 15.1. The second-order valence-corrected chi connectivity index (χ2v) is 35.0. The van der Waals surface area contributed by atoms with Crippen molar-refractivity contribution in [3.05, 3.63) is 35.4 Å². The van der Waals surface area contributed by atoms with Crippen molar-refractivity contribution in [1.29, 1.82) is 0 Å². The van der Waals surface area contributed by atoms with Crippen molar-refractivity contribution in [2.24, 2.45) is 34.8 Å². The molecule has 16 atom stereocenters. The van der Waals surface area contributed by atoms with Gasteiger partial charge in [0, 0.05) is 55.1 Å². The summed E-state index contributed by atoms with van der Waals surface area (Å²) in [7, 11) is 0. The number of rotatable bonds is 16. The molecule has 4 heterocycles. The topological polar surface area (TPSA) is 530 Å². The largest absolute Gasteiger partial charge is 0.481 e. The minimum absolute atomic E-state index is 0.00610. The van der Waals surface area contributed by atoms with E-state index >= 15 is 9.59 Å². The quantitative estimate of drug-likeness (QED) is 0.0850. The number of aliphatic carboxylic acids is 1. The lowest BCUT2D eigenvalue weighted by Crippen LogP contribution is -2.64. The van der Waals surface area contributed by atoms with Gasteiger partial charge in [-0.15, -0.1) is 0 Å². The number of nitrogens with one attached hydrogen (secondary N) is 15. The molecule has 0 radical (unpaired) electrons. The zero-order chi connectivity index (χ0) is 82.1. The molecular formula is C76H124N16O18S2. The lowest BCUT2D eigenvalue weighted by atomic mass is 9.82. The third-order valence-electron chi connectivity index (χ3n) is 22.0. The molecule has 22 N–H and O–H groups in total. The van der Waals surface area contributed by atoms with Crippen LogP contribution >= 0.6 is 23.5 Å². The van der Waals surface area contributed by atoms with Gasteiger partial charge in [-0.3, -0.25) is 62.3 Å². The van der Waals surface area contributed by atoms with Gasteiger partial charge in [-0.2, -0.15) is 23.5 Å². The number of carbonyl (C=O) groups excluding carboxylic acids is 12. The molecule has 2 saturated carbocycles. The smallest absolute Gasteiger partial charge is 0.303 e. The highest BCUT2D eigenvalue weighted by Gasteiger charge is 2.45. The first-order valence-electron chi connectivity index (χ1n) is 39.7. The predicted molar refractivity (Wildman–Crippen MR) is 419 cm³/mol. The summed E-state index contributed by atoms with van der Waals surface area (Å²) in [4.78, 5) is 186. The number of fused-ring (bicyclic) bond motifs is 3. The number of primary amides is 1. The molecule has 2 bridgehead atoms. The maximum Gasteiger partial charge on any atom is 0.303 e. The van der Waals surface area contributed by atoms with Crippen molar-refractivity contribution in [3.63, 3.8) is 0 Å². The van der Waals surface area contributed by atoms with Crippen molar-refractivity contribution in [1.82, 2.24) is 79.8 Å². The third-order valence-corrected chi connectivity index (χ3v) is 24.1. The van der Waals surface area contributed by atoms with Gasteiger partial charge >= 0.3 is 5.97 Å². The number of piperidine rings is 1. The van der Waals surface area contributed by atoms with Crippen molar-refractivity contribution >= 4 is 100 Å². The van der Waals surface area contributed by atoms with Gasteiger partial charge in [0.15, 0.2) is 0 Å². The molecule has 12 amide bonds. The third kappa shape index (κ3) is 28.9. The molecule has 5 fully saturated rings. The molecule has 0 aromatic heterocycles. The lowest BCUT2D eigenvalue weighted by Gasteiger charge is -2.34. The van der Waals surface area contributed by atoms with E-state index in [9.17, 15) is 78.3 Å². The summed E-state index contributed by atoms with van der Waals surface area (Å²) < 4.78 is 0. The van der Waals surface area contributed by atoms with Gasteiger partial charge in [0.2, 0.25) is 70.9 Å². The molecule has 3 saturated heterocycles. The van der Waals surface area contributed by atoms with Crippen LogP contribution in [-0.2, 0) is 73.8 Å². The molecule has 7 rings (SSSR count). The predicted octanol–water partition coefficient (Wildman–Crippen LogP) is -2.02. The molecule has 0 spiro atoms. The summed E-state index contributed by atoms with van der Waals surface area (Å²) in [5.74, 6) is -11.4. The van der Waals surface area contributed by atoms with Crippen LogP contribution in [0.15, 0.2) is 24.3 Å². The number of carboxylic acids is 1. The molecule has 4 aliphatic heterocycles. The summed E-state index contributed by atoms with van der Waals surface area (Å²) in [5, 5.41) is 96.4. The average Bonchev–Trinajstić information content (AvgIpc) is 1.57. The van der Waals surface area contributed by atoms with Gasteiger partial charge in [0.05, 0.1) is 30.6 Å². The highest BCUT2D eigenvalue weighted by molar-refractivity contribution is 7.98. The number of carboxylic acid groups (broad SMARTS) is 1. The molecule has 34 nitrogen and oxygen atoms in total. The van der Waals surface area contributed by atoms with Crippen LogP contribution in [0.2, 0.25) is 0 Å². The fraction of sp³-hybridized carbons (Fsp3) is 0.750. The summed E-state index contributed by atoms with van der Waals surface area (Å²) in [6.45, 7) is 13.9. The van der Waals surface area contributed by atoms with Crippen molar-refractivity contribution in [3.8, 4) is 0 Å². The number of amides is 12. The second-order valence-electron chi connectivity index (χ2n) is 32.8. The first kappa shape index (κ1) is 91.9. The van der Waals surface area contributed by atoms with Gasteiger partial charge in [-0.25, -0.2) is 0 Å². The fourth-order valence-electron chi connectivity index (χ4n) is 15.3. The van der Waals surface area contributed by atoms with Gasteiger partial charge in [-0.05, 0) is 184 Å². The first-order chi connectivity index (χ1) is 53.0. The normalized spacial score (nSPS) is 32.4. The molecular weight excluding hydrogens is 1490 g/mol. The van der Waals surface area contributed by atoms with E-state index in [4.69, 9.17) is 5.73 Å². The summed E-state index contributed by atoms with van der Waals surface area (Å²) >= 11 is 2.73. The molecule has 2 aliphatic carbocycles. The van der Waals surface area contributed by atoms with Crippen molar-refractivity contribution in [2.45, 2.75) is 291 Å². The Balaban J connectivity index is 1.22. The van der Waals surface area contributed by atoms with Crippen LogP contribution in [0.5, 0.6) is 0 Å². The van der Waals surface area contributed by atoms with Crippen LogP contribution in [0.3, 0.4) is 0 Å². The highest BCUT2D eigenvalue weighted by Crippen LogP contribution is 2.34. The second kappa shape index (κ2) is 44.0. The molecule has 1 aromatic carbocycles. The fourth-order valence-corrected chi connectivity index (χ4v) is 17.2. The zero-order valence-electron chi connectivity index (χ0n) is 65.9. The van der Waals surface area contributed by atoms with Crippen LogP contribution in [0.25, 0.3) is 0 Å². The van der Waals surface area contributed by atoms with Crippen molar-refractivity contribution in [2.75, 3.05) is 37.8 Å². The average molecular weight is 1610 g/mol. The zero-order valence-corrected chi connectivity index (χ0v) is 67.5. The molecule has 6 aliphatic rings. The maximum absolute atomic E-state index is 15.1. The molecule has 4 unspecified atom stereocenters. The Morgan fingerprint density at radius 2 is 1.09 bits per heavy atom. The van der Waals surface area contributed by atoms with E-state index < -0.39 is 192 Å². The Morgan fingerprint density at radius 1 is 0.580 bits per heavy atom. The van der Waals surface area contributed by atoms with Crippen LogP contribution < -0.4 is 85.5 Å². The summed E-state index contributed by atoms with van der Waals surface area (Å²) in [6.07, 6.45) is -0.421. The van der Waals surface area contributed by atoms with E-state index in [1.165, 1.54) is 51.2 Å². The number of thioether (sulfide) groups is 2. The number of hydrogen-bond donors (Lipinski definition) is 21. The van der Waals surface area contributed by atoms with Gasteiger partial charge in [-0.1, -0.05) is 58.4 Å². The monoisotopic (exact) mass is 1610 g/mol. The minimum atomic E-state index is -1.98. The van der Waals surface area contributed by atoms with Gasteiger partial charge < -0.3 is 111 Å². The SMILES string of the molecule is CCC[C@@H]1NC(=O)[C@H](CC2CCC(O)CC2)NC(=O)[C@H](CCC(=O)O)NC(=O)C(C)(C)NC(=O)[C@H](CC2CNC3NCCCC23)NC(=O)[C@H]([C@@H](C)O)NC(=O)[C@H](CC2CNCN2)NC(=O)[C@H](CC2CCC(O)CC2)NC(=O)[C@H](C(C)(C)C)NC(=O)CCSCc2cccc(c2)CSC[C@@H](C(N)=O)NC(=O)[C@H]([C@@H](C)O)NC1=O. The summed E-state index contributed by atoms with van der Waals surface area (Å²) in [5.41, 5.74) is 4.69. The van der Waals surface area contributed by atoms with Crippen LogP contribution in [0.4, 0.5) is 0 Å². The van der Waals surface area contributed by atoms with Crippen molar-refractivity contribution < 1.29 is 87.9 Å². The number of aliphatic hydroxyl groups is 4. The van der Waals surface area contributed by atoms with Gasteiger partial charge in [0.1, 0.15) is 66.0 Å². The van der Waals surface area contributed by atoms with E-state index in [1.54, 1.807) is 27.7 Å². The van der Waals surface area contributed by atoms with E-state index in [0.717, 1.165) is 30.5 Å². The van der Waals surface area contributed by atoms with E-state index in [1.807, 2.05) is 24.3 Å². The van der Waals surface area contributed by atoms with Crippen LogP contribution in [-0.4, -0.2) is 243 Å². The number of nitrogens with two attached hydrogens (primary N) is 1.